The number of rotatable bonds is 6. The molecule has 1 N–H and O–H groups in total. The number of hydrogen-bond acceptors (Lipinski definition) is 7. The molecule has 0 amide bonds. The molecule has 0 fully saturated rings. The molecule has 2 aromatic rings. The average molecular weight is 363 g/mol. The molecule has 0 spiro atoms. The van der Waals surface area contributed by atoms with E-state index in [4.69, 9.17) is 9.47 Å². The summed E-state index contributed by atoms with van der Waals surface area (Å²) in [5, 5.41) is 13.5. The van der Waals surface area contributed by atoms with E-state index < -0.39 is 5.97 Å². The molecule has 0 radical (unpaired) electrons. The van der Waals surface area contributed by atoms with Gasteiger partial charge in [-0.15, -0.1) is 5.10 Å². The fourth-order valence-corrected chi connectivity index (χ4v) is 3.91. The van der Waals surface area contributed by atoms with Gasteiger partial charge in [0.2, 0.25) is 0 Å². The lowest BCUT2D eigenvalue weighted by molar-refractivity contribution is -0.138. The van der Waals surface area contributed by atoms with Crippen LogP contribution in [0.2, 0.25) is 0 Å². The smallest absolute Gasteiger partial charge is 0.305 e. The number of ether oxygens (including phenoxy) is 2. The van der Waals surface area contributed by atoms with Crippen molar-refractivity contribution in [1.29, 1.82) is 0 Å². The van der Waals surface area contributed by atoms with E-state index in [0.717, 1.165) is 34.7 Å². The third-order valence-corrected chi connectivity index (χ3v) is 5.38. The molecule has 134 valence electrons. The molecule has 1 aromatic carbocycles. The average Bonchev–Trinajstić information content (AvgIpc) is 3.00. The number of carboxylic acid groups (broad SMARTS) is 1. The zero-order valence-electron chi connectivity index (χ0n) is 14.5. The molecular formula is C17H21N3O4S. The predicted molar refractivity (Wildman–Crippen MR) is 93.3 cm³/mol. The van der Waals surface area contributed by atoms with Crippen LogP contribution in [-0.4, -0.2) is 46.3 Å². The third-order valence-electron chi connectivity index (χ3n) is 4.57. The molecule has 1 aliphatic rings. The Morgan fingerprint density at radius 2 is 2.08 bits per heavy atom. The van der Waals surface area contributed by atoms with Gasteiger partial charge in [-0.2, -0.15) is 0 Å². The number of benzene rings is 1. The minimum atomic E-state index is -0.822. The van der Waals surface area contributed by atoms with Gasteiger partial charge in [-0.1, -0.05) is 4.49 Å². The molecule has 0 saturated carbocycles. The highest BCUT2D eigenvalue weighted by Gasteiger charge is 2.31. The molecule has 0 aliphatic carbocycles. The first kappa shape index (κ1) is 17.6. The molecule has 3 rings (SSSR count). The Balaban J connectivity index is 1.98. The summed E-state index contributed by atoms with van der Waals surface area (Å²) in [7, 11) is 3.19. The zero-order chi connectivity index (χ0) is 18.0. The van der Waals surface area contributed by atoms with Crippen LogP contribution in [0.25, 0.3) is 0 Å². The van der Waals surface area contributed by atoms with Crippen LogP contribution in [0.1, 0.15) is 34.2 Å². The fourth-order valence-electron chi connectivity index (χ4n) is 3.25. The van der Waals surface area contributed by atoms with Gasteiger partial charge in [-0.25, -0.2) is 0 Å². The highest BCUT2D eigenvalue weighted by molar-refractivity contribution is 7.05. The van der Waals surface area contributed by atoms with Crippen molar-refractivity contribution in [1.82, 2.24) is 14.5 Å². The van der Waals surface area contributed by atoms with E-state index in [9.17, 15) is 9.90 Å². The van der Waals surface area contributed by atoms with Crippen LogP contribution in [-0.2, 0) is 17.8 Å². The number of nitrogens with zero attached hydrogens (tertiary/aromatic N) is 3. The van der Waals surface area contributed by atoms with Gasteiger partial charge in [0.1, 0.15) is 0 Å². The van der Waals surface area contributed by atoms with E-state index in [0.29, 0.717) is 18.0 Å². The van der Waals surface area contributed by atoms with Crippen LogP contribution in [0.3, 0.4) is 0 Å². The third kappa shape index (κ3) is 3.59. The Morgan fingerprint density at radius 1 is 1.36 bits per heavy atom. The van der Waals surface area contributed by atoms with Crippen molar-refractivity contribution >= 4 is 17.5 Å². The fraction of sp³-hybridized carbons (Fsp3) is 0.471. The van der Waals surface area contributed by atoms with E-state index in [2.05, 4.69) is 14.5 Å². The number of carbonyl (C=O) groups is 1. The van der Waals surface area contributed by atoms with Gasteiger partial charge in [0.25, 0.3) is 0 Å². The van der Waals surface area contributed by atoms with Crippen LogP contribution in [0.4, 0.5) is 0 Å². The lowest BCUT2D eigenvalue weighted by Gasteiger charge is -2.36. The Labute approximate surface area is 150 Å². The number of aryl methyl sites for hydroxylation is 1. The highest BCUT2D eigenvalue weighted by atomic mass is 32.1. The number of hydrogen-bond donors (Lipinski definition) is 1. The molecule has 8 heteroatoms. The molecular weight excluding hydrogens is 342 g/mol. The van der Waals surface area contributed by atoms with Crippen LogP contribution in [0, 0.1) is 6.92 Å². The lowest BCUT2D eigenvalue weighted by atomic mass is 9.90. The molecule has 1 aromatic heterocycles. The predicted octanol–water partition coefficient (Wildman–Crippen LogP) is 2.44. The van der Waals surface area contributed by atoms with E-state index >= 15 is 0 Å². The Hall–Kier alpha value is -2.19. The Kier molecular flexibility index (Phi) is 5.19. The monoisotopic (exact) mass is 363 g/mol. The normalized spacial score (nSPS) is 17.2. The number of carboxylic acids is 1. The summed E-state index contributed by atoms with van der Waals surface area (Å²) in [6, 6.07) is 3.65. The number of methoxy groups -OCH3 is 2. The first-order valence-corrected chi connectivity index (χ1v) is 8.79. The maximum absolute atomic E-state index is 11.5. The summed E-state index contributed by atoms with van der Waals surface area (Å²) in [4.78, 5) is 14.7. The Bertz CT molecular complexity index is 777. The molecule has 1 atom stereocenters. The molecule has 0 saturated heterocycles. The van der Waals surface area contributed by atoms with Crippen molar-refractivity contribution in [3.8, 4) is 11.5 Å². The number of aliphatic carboxylic acids is 1. The molecule has 1 unspecified atom stereocenters. The summed E-state index contributed by atoms with van der Waals surface area (Å²) in [5.41, 5.74) is 3.00. The maximum Gasteiger partial charge on any atom is 0.305 e. The number of aromatic nitrogens is 2. The SMILES string of the molecule is COc1cc2c(cc1OC)C(CC(=O)O)N(Cc1snnc1C)CC2. The molecule has 2 heterocycles. The van der Waals surface area contributed by atoms with E-state index in [1.165, 1.54) is 11.5 Å². The lowest BCUT2D eigenvalue weighted by Crippen LogP contribution is -2.36. The molecule has 7 nitrogen and oxygen atoms in total. The van der Waals surface area contributed by atoms with Gasteiger partial charge in [-0.3, -0.25) is 9.69 Å². The van der Waals surface area contributed by atoms with Crippen molar-refractivity contribution in [2.45, 2.75) is 32.4 Å². The van der Waals surface area contributed by atoms with Crippen molar-refractivity contribution < 1.29 is 19.4 Å². The Morgan fingerprint density at radius 3 is 2.68 bits per heavy atom. The highest BCUT2D eigenvalue weighted by Crippen LogP contribution is 2.40. The van der Waals surface area contributed by atoms with Crippen molar-refractivity contribution in [3.63, 3.8) is 0 Å². The van der Waals surface area contributed by atoms with Gasteiger partial charge in [0, 0.05) is 19.1 Å². The summed E-state index contributed by atoms with van der Waals surface area (Å²) in [6.07, 6.45) is 0.866. The van der Waals surface area contributed by atoms with Crippen LogP contribution in [0.5, 0.6) is 11.5 Å². The summed E-state index contributed by atoms with van der Waals surface area (Å²) in [5.74, 6) is 0.470. The summed E-state index contributed by atoms with van der Waals surface area (Å²) < 4.78 is 14.8. The van der Waals surface area contributed by atoms with Crippen LogP contribution < -0.4 is 9.47 Å². The van der Waals surface area contributed by atoms with E-state index in [1.54, 1.807) is 14.2 Å². The maximum atomic E-state index is 11.5. The minimum absolute atomic E-state index is 0.0355. The van der Waals surface area contributed by atoms with Crippen molar-refractivity contribution in [2.24, 2.45) is 0 Å². The first-order valence-electron chi connectivity index (χ1n) is 8.02. The van der Waals surface area contributed by atoms with E-state index in [1.807, 2.05) is 19.1 Å². The van der Waals surface area contributed by atoms with Crippen molar-refractivity contribution in [2.75, 3.05) is 20.8 Å². The quantitative estimate of drug-likeness (QED) is 0.844. The van der Waals surface area contributed by atoms with Crippen molar-refractivity contribution in [3.05, 3.63) is 33.8 Å². The van der Waals surface area contributed by atoms with Gasteiger partial charge in [0.15, 0.2) is 11.5 Å². The minimum Gasteiger partial charge on any atom is -0.493 e. The second kappa shape index (κ2) is 7.37. The summed E-state index contributed by atoms with van der Waals surface area (Å²) >= 11 is 1.36. The topological polar surface area (TPSA) is 84.8 Å². The standard InChI is InChI=1S/C17H21N3O4S/c1-10-16(25-19-18-10)9-20-5-4-11-6-14(23-2)15(24-3)7-12(11)13(20)8-17(21)22/h6-7,13H,4-5,8-9H2,1-3H3,(H,21,22). The molecule has 1 aliphatic heterocycles. The van der Waals surface area contributed by atoms with Gasteiger partial charge >= 0.3 is 5.97 Å². The van der Waals surface area contributed by atoms with Gasteiger partial charge in [0.05, 0.1) is 31.2 Å². The van der Waals surface area contributed by atoms with Gasteiger partial charge < -0.3 is 14.6 Å². The first-order chi connectivity index (χ1) is 12.0. The second-order valence-corrected chi connectivity index (χ2v) is 6.86. The van der Waals surface area contributed by atoms with Crippen LogP contribution >= 0.6 is 11.5 Å². The van der Waals surface area contributed by atoms with Crippen LogP contribution in [0.15, 0.2) is 12.1 Å². The number of fused-ring (bicyclic) bond motifs is 1. The zero-order valence-corrected chi connectivity index (χ0v) is 15.3. The molecule has 0 bridgehead atoms. The van der Waals surface area contributed by atoms with Gasteiger partial charge in [-0.05, 0) is 48.1 Å². The summed E-state index contributed by atoms with van der Waals surface area (Å²) in [6.45, 7) is 3.35. The second-order valence-electron chi connectivity index (χ2n) is 6.02. The van der Waals surface area contributed by atoms with E-state index in [-0.39, 0.29) is 12.5 Å². The molecule has 25 heavy (non-hydrogen) atoms. The largest absolute Gasteiger partial charge is 0.493 e.